The number of rotatable bonds is 4. The van der Waals surface area contributed by atoms with Gasteiger partial charge in [0.05, 0.1) is 7.11 Å². The Morgan fingerprint density at radius 2 is 1.90 bits per heavy atom. The number of fused-ring (bicyclic) bond motifs is 2. The maximum absolute atomic E-state index is 12.5. The summed E-state index contributed by atoms with van der Waals surface area (Å²) in [4.78, 5) is 12.5. The van der Waals surface area contributed by atoms with Gasteiger partial charge >= 0.3 is 0 Å². The molecule has 0 radical (unpaired) electrons. The molecule has 2 bridgehead atoms. The van der Waals surface area contributed by atoms with E-state index in [1.165, 1.54) is 25.7 Å². The van der Waals surface area contributed by atoms with Gasteiger partial charge in [0.1, 0.15) is 5.75 Å². The molecule has 1 aromatic carbocycles. The number of hydrogen-bond acceptors (Lipinski definition) is 2. The van der Waals surface area contributed by atoms with Crippen LogP contribution in [0, 0.1) is 31.6 Å². The largest absolute Gasteiger partial charge is 0.496 e. The highest BCUT2D eigenvalue weighted by Crippen LogP contribution is 2.49. The van der Waals surface area contributed by atoms with Crippen molar-refractivity contribution in [2.24, 2.45) is 17.8 Å². The number of ketones is 1. The summed E-state index contributed by atoms with van der Waals surface area (Å²) in [5, 5.41) is 0. The molecular formula is C18H24O2. The lowest BCUT2D eigenvalue weighted by Crippen LogP contribution is -2.15. The Balaban J connectivity index is 1.74. The number of ether oxygens (including phenoxy) is 1. The summed E-state index contributed by atoms with van der Waals surface area (Å²) in [7, 11) is 1.69. The minimum Gasteiger partial charge on any atom is -0.496 e. The number of aryl methyl sites for hydroxylation is 2. The van der Waals surface area contributed by atoms with Gasteiger partial charge in [0, 0.05) is 12.0 Å². The standard InChI is InChI=1S/C18H24O2/c1-11-6-16(7-12(2)18(11)20-3)17(19)10-15-9-13-4-5-14(15)8-13/h6-7,13-15H,4-5,8-10H2,1-3H3. The molecule has 2 saturated carbocycles. The van der Waals surface area contributed by atoms with Crippen LogP contribution in [0.4, 0.5) is 0 Å². The molecule has 0 amide bonds. The minimum atomic E-state index is 0.316. The number of Topliss-reactive ketones (excluding diaryl/α,β-unsaturated/α-hetero) is 1. The van der Waals surface area contributed by atoms with Gasteiger partial charge in [-0.25, -0.2) is 0 Å². The van der Waals surface area contributed by atoms with Gasteiger partial charge in [0.25, 0.3) is 0 Å². The summed E-state index contributed by atoms with van der Waals surface area (Å²) in [5.74, 6) is 3.60. The second-order valence-electron chi connectivity index (χ2n) is 6.71. The van der Waals surface area contributed by atoms with Gasteiger partial charge in [-0.05, 0) is 74.1 Å². The van der Waals surface area contributed by atoms with E-state index >= 15 is 0 Å². The van der Waals surface area contributed by atoms with Crippen molar-refractivity contribution in [1.29, 1.82) is 0 Å². The van der Waals surface area contributed by atoms with Crippen molar-refractivity contribution < 1.29 is 9.53 Å². The third kappa shape index (κ3) is 2.36. The Kier molecular flexibility index (Phi) is 3.57. The lowest BCUT2D eigenvalue weighted by molar-refractivity contribution is 0.0944. The number of methoxy groups -OCH3 is 1. The van der Waals surface area contributed by atoms with E-state index in [1.54, 1.807) is 7.11 Å². The quantitative estimate of drug-likeness (QED) is 0.763. The zero-order valence-electron chi connectivity index (χ0n) is 12.7. The van der Waals surface area contributed by atoms with Crippen LogP contribution in [0.15, 0.2) is 12.1 Å². The molecule has 0 heterocycles. The molecule has 2 fully saturated rings. The maximum atomic E-state index is 12.5. The smallest absolute Gasteiger partial charge is 0.163 e. The third-order valence-corrected chi connectivity index (χ3v) is 5.32. The highest BCUT2D eigenvalue weighted by atomic mass is 16.5. The van der Waals surface area contributed by atoms with Crippen LogP contribution in [0.2, 0.25) is 0 Å². The van der Waals surface area contributed by atoms with Crippen LogP contribution in [0.1, 0.15) is 53.6 Å². The van der Waals surface area contributed by atoms with Crippen LogP contribution < -0.4 is 4.74 Å². The maximum Gasteiger partial charge on any atom is 0.163 e. The lowest BCUT2D eigenvalue weighted by Gasteiger charge is -2.21. The summed E-state index contributed by atoms with van der Waals surface area (Å²) in [5.41, 5.74) is 2.98. The van der Waals surface area contributed by atoms with Gasteiger partial charge < -0.3 is 4.74 Å². The molecule has 0 aromatic heterocycles. The van der Waals surface area contributed by atoms with Crippen LogP contribution in [0.3, 0.4) is 0 Å². The zero-order chi connectivity index (χ0) is 14.3. The van der Waals surface area contributed by atoms with Gasteiger partial charge in [-0.3, -0.25) is 4.79 Å². The zero-order valence-corrected chi connectivity index (χ0v) is 12.7. The number of benzene rings is 1. The van der Waals surface area contributed by atoms with Gasteiger partial charge in [-0.1, -0.05) is 6.42 Å². The fraction of sp³-hybridized carbons (Fsp3) is 0.611. The normalized spacial score (nSPS) is 27.9. The third-order valence-electron chi connectivity index (χ3n) is 5.32. The topological polar surface area (TPSA) is 26.3 Å². The Bertz CT molecular complexity index is 509. The van der Waals surface area contributed by atoms with Gasteiger partial charge in [-0.2, -0.15) is 0 Å². The summed E-state index contributed by atoms with van der Waals surface area (Å²) in [6.45, 7) is 4.03. The number of hydrogen-bond donors (Lipinski definition) is 0. The molecule has 0 spiro atoms. The first-order valence-electron chi connectivity index (χ1n) is 7.77. The second kappa shape index (κ2) is 5.23. The Hall–Kier alpha value is -1.31. The first-order chi connectivity index (χ1) is 9.58. The second-order valence-corrected chi connectivity index (χ2v) is 6.71. The van der Waals surface area contributed by atoms with E-state index in [1.807, 2.05) is 26.0 Å². The average Bonchev–Trinajstić information content (AvgIpc) is 3.00. The summed E-state index contributed by atoms with van der Waals surface area (Å²) in [6.07, 6.45) is 6.15. The molecular weight excluding hydrogens is 248 g/mol. The number of carbonyl (C=O) groups is 1. The fourth-order valence-electron chi connectivity index (χ4n) is 4.42. The van der Waals surface area contributed by atoms with E-state index in [0.29, 0.717) is 11.7 Å². The summed E-state index contributed by atoms with van der Waals surface area (Å²) >= 11 is 0. The molecule has 2 nitrogen and oxygen atoms in total. The van der Waals surface area contributed by atoms with Crippen molar-refractivity contribution in [1.82, 2.24) is 0 Å². The SMILES string of the molecule is COc1c(C)cc(C(=O)CC2CC3CCC2C3)cc1C. The van der Waals surface area contributed by atoms with E-state index in [9.17, 15) is 4.79 Å². The summed E-state index contributed by atoms with van der Waals surface area (Å²) in [6, 6.07) is 3.97. The molecule has 0 aliphatic heterocycles. The van der Waals surface area contributed by atoms with Crippen molar-refractivity contribution in [2.75, 3.05) is 7.11 Å². The molecule has 0 N–H and O–H groups in total. The highest BCUT2D eigenvalue weighted by Gasteiger charge is 2.40. The monoisotopic (exact) mass is 272 g/mol. The van der Waals surface area contributed by atoms with E-state index < -0.39 is 0 Å². The van der Waals surface area contributed by atoms with E-state index in [2.05, 4.69) is 0 Å². The van der Waals surface area contributed by atoms with Crippen LogP contribution in [-0.2, 0) is 0 Å². The van der Waals surface area contributed by atoms with Crippen LogP contribution in [0.5, 0.6) is 5.75 Å². The van der Waals surface area contributed by atoms with Crippen molar-refractivity contribution in [3.8, 4) is 5.75 Å². The summed E-state index contributed by atoms with van der Waals surface area (Å²) < 4.78 is 5.37. The predicted octanol–water partition coefficient (Wildman–Crippen LogP) is 4.32. The highest BCUT2D eigenvalue weighted by molar-refractivity contribution is 5.96. The van der Waals surface area contributed by atoms with Gasteiger partial charge in [-0.15, -0.1) is 0 Å². The van der Waals surface area contributed by atoms with Crippen LogP contribution >= 0.6 is 0 Å². The van der Waals surface area contributed by atoms with Crippen molar-refractivity contribution >= 4 is 5.78 Å². The average molecular weight is 272 g/mol. The fourth-order valence-corrected chi connectivity index (χ4v) is 4.42. The molecule has 2 aliphatic rings. The van der Waals surface area contributed by atoms with Crippen LogP contribution in [0.25, 0.3) is 0 Å². The molecule has 3 atom stereocenters. The Morgan fingerprint density at radius 3 is 2.40 bits per heavy atom. The molecule has 0 saturated heterocycles. The predicted molar refractivity (Wildman–Crippen MR) is 80.4 cm³/mol. The Labute approximate surface area is 121 Å². The van der Waals surface area contributed by atoms with Gasteiger partial charge in [0.2, 0.25) is 0 Å². The van der Waals surface area contributed by atoms with Crippen molar-refractivity contribution in [3.63, 3.8) is 0 Å². The molecule has 1 aromatic rings. The van der Waals surface area contributed by atoms with Crippen molar-refractivity contribution in [2.45, 2.75) is 46.0 Å². The Morgan fingerprint density at radius 1 is 1.20 bits per heavy atom. The van der Waals surface area contributed by atoms with Crippen LogP contribution in [-0.4, -0.2) is 12.9 Å². The van der Waals surface area contributed by atoms with E-state index in [0.717, 1.165) is 40.7 Å². The van der Waals surface area contributed by atoms with Gasteiger partial charge in [0.15, 0.2) is 5.78 Å². The molecule has 2 heteroatoms. The lowest BCUT2D eigenvalue weighted by atomic mass is 9.84. The molecule has 2 aliphatic carbocycles. The van der Waals surface area contributed by atoms with Crippen molar-refractivity contribution in [3.05, 3.63) is 28.8 Å². The number of carbonyl (C=O) groups excluding carboxylic acids is 1. The first kappa shape index (κ1) is 13.7. The molecule has 3 unspecified atom stereocenters. The first-order valence-corrected chi connectivity index (χ1v) is 7.77. The van der Waals surface area contributed by atoms with E-state index in [-0.39, 0.29) is 0 Å². The minimum absolute atomic E-state index is 0.316. The molecule has 108 valence electrons. The molecule has 20 heavy (non-hydrogen) atoms. The van der Waals surface area contributed by atoms with E-state index in [4.69, 9.17) is 4.74 Å². The molecule has 3 rings (SSSR count).